The molecule has 0 spiro atoms. The highest BCUT2D eigenvalue weighted by Crippen LogP contribution is 2.32. The zero-order chi connectivity index (χ0) is 14.6. The van der Waals surface area contributed by atoms with Crippen LogP contribution in [0.3, 0.4) is 0 Å². The predicted octanol–water partition coefficient (Wildman–Crippen LogP) is 2.36. The van der Waals surface area contributed by atoms with Gasteiger partial charge < -0.3 is 15.8 Å². The molecule has 3 atom stereocenters. The van der Waals surface area contributed by atoms with E-state index in [0.717, 1.165) is 58.0 Å². The van der Waals surface area contributed by atoms with E-state index in [-0.39, 0.29) is 29.5 Å². The van der Waals surface area contributed by atoms with E-state index in [9.17, 15) is 4.79 Å². The molecule has 4 nitrogen and oxygen atoms in total. The highest BCUT2D eigenvalue weighted by Gasteiger charge is 2.36. The number of ether oxygens (including phenoxy) is 1. The summed E-state index contributed by atoms with van der Waals surface area (Å²) in [5, 5.41) is 3.26. The number of carbonyl (C=O) groups is 1. The fourth-order valence-electron chi connectivity index (χ4n) is 3.68. The highest BCUT2D eigenvalue weighted by molar-refractivity contribution is 5.79. The minimum atomic E-state index is -0.0286. The molecule has 2 aliphatic rings. The smallest absolute Gasteiger partial charge is 0.223 e. The quantitative estimate of drug-likeness (QED) is 0.832. The molecule has 1 saturated carbocycles. The van der Waals surface area contributed by atoms with E-state index in [2.05, 4.69) is 19.2 Å². The summed E-state index contributed by atoms with van der Waals surface area (Å²) in [5.74, 6) is 0.340. The van der Waals surface area contributed by atoms with Crippen LogP contribution in [-0.2, 0) is 9.53 Å². The topological polar surface area (TPSA) is 64.4 Å². The third kappa shape index (κ3) is 3.73. The first-order valence-electron chi connectivity index (χ1n) is 8.28. The van der Waals surface area contributed by atoms with Gasteiger partial charge in [-0.25, -0.2) is 0 Å². The molecule has 0 aromatic heterocycles. The fraction of sp³-hybridized carbons (Fsp3) is 0.938. The average Bonchev–Trinajstić information content (AvgIpc) is 2.47. The van der Waals surface area contributed by atoms with E-state index in [1.54, 1.807) is 0 Å². The van der Waals surface area contributed by atoms with Crippen molar-refractivity contribution < 1.29 is 9.53 Å². The third-order valence-electron chi connectivity index (χ3n) is 5.21. The molecule has 1 heterocycles. The molecule has 116 valence electrons. The van der Waals surface area contributed by atoms with E-state index in [1.165, 1.54) is 0 Å². The molecule has 1 amide bonds. The molecule has 2 rings (SSSR count). The van der Waals surface area contributed by atoms with Gasteiger partial charge >= 0.3 is 0 Å². The van der Waals surface area contributed by atoms with Gasteiger partial charge in [-0.1, -0.05) is 20.3 Å². The van der Waals surface area contributed by atoms with Gasteiger partial charge in [-0.3, -0.25) is 4.79 Å². The first-order valence-corrected chi connectivity index (χ1v) is 8.28. The first kappa shape index (κ1) is 15.8. The van der Waals surface area contributed by atoms with Crippen molar-refractivity contribution in [2.24, 2.45) is 11.7 Å². The molecule has 1 aliphatic heterocycles. The number of rotatable bonds is 4. The van der Waals surface area contributed by atoms with E-state index in [1.807, 2.05) is 0 Å². The lowest BCUT2D eigenvalue weighted by molar-refractivity contribution is -0.130. The van der Waals surface area contributed by atoms with Crippen LogP contribution in [-0.4, -0.2) is 30.2 Å². The van der Waals surface area contributed by atoms with Gasteiger partial charge in [0.1, 0.15) is 0 Å². The lowest BCUT2D eigenvalue weighted by Crippen LogP contribution is -2.50. The summed E-state index contributed by atoms with van der Waals surface area (Å²) in [6.45, 7) is 5.11. The summed E-state index contributed by atoms with van der Waals surface area (Å²) in [4.78, 5) is 12.4. The van der Waals surface area contributed by atoms with E-state index in [0.29, 0.717) is 0 Å². The Morgan fingerprint density at radius 1 is 1.30 bits per heavy atom. The molecule has 1 saturated heterocycles. The van der Waals surface area contributed by atoms with Crippen LogP contribution in [0.2, 0.25) is 0 Å². The second kappa shape index (κ2) is 6.90. The molecular formula is C16H30N2O2. The highest BCUT2D eigenvalue weighted by atomic mass is 16.5. The Morgan fingerprint density at radius 3 is 2.70 bits per heavy atom. The Morgan fingerprint density at radius 2 is 2.05 bits per heavy atom. The van der Waals surface area contributed by atoms with Crippen LogP contribution in [0, 0.1) is 5.92 Å². The molecule has 20 heavy (non-hydrogen) atoms. The van der Waals surface area contributed by atoms with Crippen molar-refractivity contribution in [3.8, 4) is 0 Å². The maximum Gasteiger partial charge on any atom is 0.223 e. The van der Waals surface area contributed by atoms with E-state index < -0.39 is 0 Å². The minimum Gasteiger partial charge on any atom is -0.375 e. The molecule has 0 radical (unpaired) electrons. The fourth-order valence-corrected chi connectivity index (χ4v) is 3.68. The van der Waals surface area contributed by atoms with Gasteiger partial charge in [0.15, 0.2) is 0 Å². The lowest BCUT2D eigenvalue weighted by Gasteiger charge is -2.40. The lowest BCUT2D eigenvalue weighted by atomic mass is 9.83. The van der Waals surface area contributed by atoms with Crippen molar-refractivity contribution in [1.82, 2.24) is 5.32 Å². The zero-order valence-electron chi connectivity index (χ0n) is 13.0. The monoisotopic (exact) mass is 282 g/mol. The summed E-state index contributed by atoms with van der Waals surface area (Å²) in [7, 11) is 0. The number of hydrogen-bond acceptors (Lipinski definition) is 3. The van der Waals surface area contributed by atoms with Crippen LogP contribution in [0.5, 0.6) is 0 Å². The van der Waals surface area contributed by atoms with Gasteiger partial charge in [0.25, 0.3) is 0 Å². The van der Waals surface area contributed by atoms with Crippen molar-refractivity contribution in [3.63, 3.8) is 0 Å². The van der Waals surface area contributed by atoms with Crippen molar-refractivity contribution >= 4 is 5.91 Å². The Kier molecular flexibility index (Phi) is 5.44. The maximum atomic E-state index is 12.4. The van der Waals surface area contributed by atoms with Crippen LogP contribution < -0.4 is 11.1 Å². The molecule has 2 fully saturated rings. The minimum absolute atomic E-state index is 0.0286. The number of nitrogens with two attached hydrogens (primary N) is 1. The largest absolute Gasteiger partial charge is 0.375 e. The normalized spacial score (nSPS) is 33.6. The summed E-state index contributed by atoms with van der Waals surface area (Å²) in [6, 6.07) is 0.480. The Bertz CT molecular complexity index is 328. The maximum absolute atomic E-state index is 12.4. The molecule has 0 bridgehead atoms. The molecule has 3 N–H and O–H groups in total. The first-order chi connectivity index (χ1) is 9.58. The van der Waals surface area contributed by atoms with Crippen LogP contribution in [0.1, 0.15) is 65.2 Å². The second-order valence-electron chi connectivity index (χ2n) is 6.56. The van der Waals surface area contributed by atoms with E-state index >= 15 is 0 Å². The van der Waals surface area contributed by atoms with Crippen LogP contribution in [0.25, 0.3) is 0 Å². The van der Waals surface area contributed by atoms with Gasteiger partial charge in [-0.15, -0.1) is 0 Å². The summed E-state index contributed by atoms with van der Waals surface area (Å²) in [6.07, 6.45) is 7.92. The number of amides is 1. The van der Waals surface area contributed by atoms with Crippen molar-refractivity contribution in [3.05, 3.63) is 0 Å². The number of hydrogen-bond donors (Lipinski definition) is 2. The van der Waals surface area contributed by atoms with Crippen molar-refractivity contribution in [1.29, 1.82) is 0 Å². The third-order valence-corrected chi connectivity index (χ3v) is 5.21. The molecule has 1 aliphatic carbocycles. The Hall–Kier alpha value is -0.610. The van der Waals surface area contributed by atoms with Gasteiger partial charge in [-0.2, -0.15) is 0 Å². The Labute approximate surface area is 122 Å². The van der Waals surface area contributed by atoms with E-state index in [4.69, 9.17) is 10.5 Å². The SMILES string of the molecule is CCC1(CC)CC(NC(=O)C2CCCC(N)C2)CCO1. The number of nitrogens with one attached hydrogen (secondary N) is 1. The summed E-state index contributed by atoms with van der Waals surface area (Å²) in [5.41, 5.74) is 5.95. The molecule has 4 heteroatoms. The standard InChI is InChI=1S/C16H30N2O2/c1-3-16(4-2)11-14(8-9-20-16)18-15(19)12-6-5-7-13(17)10-12/h12-14H,3-11,17H2,1-2H3,(H,18,19). The van der Waals surface area contributed by atoms with Gasteiger partial charge in [-0.05, 0) is 44.9 Å². The molecule has 3 unspecified atom stereocenters. The van der Waals surface area contributed by atoms with Crippen LogP contribution in [0.4, 0.5) is 0 Å². The van der Waals surface area contributed by atoms with Crippen LogP contribution in [0.15, 0.2) is 0 Å². The van der Waals surface area contributed by atoms with Gasteiger partial charge in [0, 0.05) is 24.6 Å². The van der Waals surface area contributed by atoms with Crippen molar-refractivity contribution in [2.75, 3.05) is 6.61 Å². The zero-order valence-corrected chi connectivity index (χ0v) is 13.0. The van der Waals surface area contributed by atoms with Gasteiger partial charge in [0.2, 0.25) is 5.91 Å². The summed E-state index contributed by atoms with van der Waals surface area (Å²) < 4.78 is 5.97. The molecular weight excluding hydrogens is 252 g/mol. The summed E-state index contributed by atoms with van der Waals surface area (Å²) >= 11 is 0. The average molecular weight is 282 g/mol. The van der Waals surface area contributed by atoms with Gasteiger partial charge in [0.05, 0.1) is 5.60 Å². The second-order valence-corrected chi connectivity index (χ2v) is 6.56. The molecule has 0 aromatic carbocycles. The Balaban J connectivity index is 1.87. The predicted molar refractivity (Wildman–Crippen MR) is 80.4 cm³/mol. The number of carbonyl (C=O) groups excluding carboxylic acids is 1. The van der Waals surface area contributed by atoms with Crippen molar-refractivity contribution in [2.45, 2.75) is 82.9 Å². The molecule has 0 aromatic rings. The van der Waals surface area contributed by atoms with Crippen LogP contribution >= 0.6 is 0 Å².